The van der Waals surface area contributed by atoms with Crippen molar-refractivity contribution in [3.8, 4) is 5.75 Å². The number of non-ortho nitro benzene ring substituents is 1. The summed E-state index contributed by atoms with van der Waals surface area (Å²) in [6.07, 6.45) is 2.72. The van der Waals surface area contributed by atoms with Gasteiger partial charge in [-0.05, 0) is 6.08 Å². The number of carbonyl (C=O) groups is 2. The van der Waals surface area contributed by atoms with Gasteiger partial charge in [0.1, 0.15) is 5.75 Å². The second-order valence-corrected chi connectivity index (χ2v) is 5.96. The second-order valence-electron chi connectivity index (χ2n) is 5.96. The van der Waals surface area contributed by atoms with Gasteiger partial charge in [-0.15, -0.1) is 0 Å². The zero-order valence-electron chi connectivity index (χ0n) is 14.6. The molecule has 9 heteroatoms. The number of nitrogens with zero attached hydrogens (tertiary/aromatic N) is 1. The molecule has 0 fully saturated rings. The van der Waals surface area contributed by atoms with Gasteiger partial charge >= 0.3 is 0 Å². The van der Waals surface area contributed by atoms with Crippen molar-refractivity contribution in [3.05, 3.63) is 39.4 Å². The van der Waals surface area contributed by atoms with Crippen molar-refractivity contribution in [1.82, 2.24) is 10.6 Å². The van der Waals surface area contributed by atoms with E-state index in [4.69, 9.17) is 9.47 Å². The summed E-state index contributed by atoms with van der Waals surface area (Å²) in [5.41, 5.74) is 0.886. The minimum Gasteiger partial charge on any atom is -0.467 e. The van der Waals surface area contributed by atoms with Crippen molar-refractivity contribution in [2.45, 2.75) is 20.5 Å². The van der Waals surface area contributed by atoms with Crippen LogP contribution in [-0.2, 0) is 20.9 Å². The molecule has 0 unspecified atom stereocenters. The van der Waals surface area contributed by atoms with Crippen LogP contribution < -0.4 is 15.4 Å². The van der Waals surface area contributed by atoms with Gasteiger partial charge in [0.15, 0.2) is 6.79 Å². The summed E-state index contributed by atoms with van der Waals surface area (Å²) in [7, 11) is 0. The molecule has 0 atom stereocenters. The Labute approximate surface area is 150 Å². The number of hydrogen-bond donors (Lipinski definition) is 2. The van der Waals surface area contributed by atoms with Crippen LogP contribution in [-0.4, -0.2) is 36.6 Å². The predicted octanol–water partition coefficient (Wildman–Crippen LogP) is 1.36. The lowest BCUT2D eigenvalue weighted by Crippen LogP contribution is -2.35. The van der Waals surface area contributed by atoms with E-state index in [1.807, 2.05) is 0 Å². The minimum absolute atomic E-state index is 0.0490. The van der Waals surface area contributed by atoms with Crippen molar-refractivity contribution in [2.24, 2.45) is 5.92 Å². The Morgan fingerprint density at radius 3 is 2.73 bits per heavy atom. The van der Waals surface area contributed by atoms with Crippen LogP contribution in [0.1, 0.15) is 25.0 Å². The molecule has 0 spiro atoms. The van der Waals surface area contributed by atoms with Gasteiger partial charge in [0.2, 0.25) is 11.8 Å². The number of benzene rings is 1. The van der Waals surface area contributed by atoms with Crippen LogP contribution in [0.2, 0.25) is 0 Å². The van der Waals surface area contributed by atoms with E-state index in [2.05, 4.69) is 10.6 Å². The maximum atomic E-state index is 11.9. The van der Waals surface area contributed by atoms with Crippen LogP contribution in [0, 0.1) is 16.0 Å². The number of carbonyl (C=O) groups excluding carboxylic acids is 2. The van der Waals surface area contributed by atoms with E-state index >= 15 is 0 Å². The number of fused-ring (bicyclic) bond motifs is 1. The molecule has 2 N–H and O–H groups in total. The quantitative estimate of drug-likeness (QED) is 0.327. The van der Waals surface area contributed by atoms with Gasteiger partial charge in [0, 0.05) is 48.3 Å². The smallest absolute Gasteiger partial charge is 0.270 e. The summed E-state index contributed by atoms with van der Waals surface area (Å²) in [6, 6.07) is 2.74. The molecule has 0 saturated carbocycles. The lowest BCUT2D eigenvalue weighted by Gasteiger charge is -2.19. The van der Waals surface area contributed by atoms with E-state index in [0.717, 1.165) is 0 Å². The molecule has 1 aliphatic heterocycles. The standard InChI is InChI=1S/C17H21N3O6/c1-11(2)17(22)19-6-5-18-15(21)4-3-12-7-14(20(23)24)8-13-9-25-10-26-16(12)13/h3-4,7-8,11H,5-6,9-10H2,1-2H3,(H,18,21)(H,19,22). The van der Waals surface area contributed by atoms with E-state index in [9.17, 15) is 19.7 Å². The zero-order valence-corrected chi connectivity index (χ0v) is 14.6. The molecular weight excluding hydrogens is 342 g/mol. The number of nitrogens with one attached hydrogen (secondary N) is 2. The fraction of sp³-hybridized carbons (Fsp3) is 0.412. The van der Waals surface area contributed by atoms with Crippen molar-refractivity contribution in [1.29, 1.82) is 0 Å². The fourth-order valence-electron chi connectivity index (χ4n) is 2.26. The first-order chi connectivity index (χ1) is 12.4. The molecule has 1 aromatic carbocycles. The maximum absolute atomic E-state index is 11.9. The first-order valence-electron chi connectivity index (χ1n) is 8.14. The molecule has 0 aliphatic carbocycles. The van der Waals surface area contributed by atoms with Gasteiger partial charge in [-0.3, -0.25) is 19.7 Å². The van der Waals surface area contributed by atoms with Crippen LogP contribution in [0.25, 0.3) is 6.08 Å². The summed E-state index contributed by atoms with van der Waals surface area (Å²) in [5, 5.41) is 16.4. The Morgan fingerprint density at radius 2 is 2.04 bits per heavy atom. The Bertz CT molecular complexity index is 729. The molecule has 9 nitrogen and oxygen atoms in total. The lowest BCUT2D eigenvalue weighted by molar-refractivity contribution is -0.385. The summed E-state index contributed by atoms with van der Waals surface area (Å²) in [5.74, 6) is -0.113. The first-order valence-corrected chi connectivity index (χ1v) is 8.14. The fourth-order valence-corrected chi connectivity index (χ4v) is 2.26. The summed E-state index contributed by atoms with van der Waals surface area (Å²) in [6.45, 7) is 4.42. The largest absolute Gasteiger partial charge is 0.467 e. The van der Waals surface area contributed by atoms with Crippen LogP contribution in [0.3, 0.4) is 0 Å². The van der Waals surface area contributed by atoms with E-state index in [1.54, 1.807) is 13.8 Å². The highest BCUT2D eigenvalue weighted by molar-refractivity contribution is 5.92. The van der Waals surface area contributed by atoms with Crippen molar-refractivity contribution in [3.63, 3.8) is 0 Å². The van der Waals surface area contributed by atoms with Crippen LogP contribution in [0.15, 0.2) is 18.2 Å². The molecule has 1 aromatic rings. The SMILES string of the molecule is CC(C)C(=O)NCCNC(=O)C=Cc1cc([N+](=O)[O-])cc2c1OCOC2. The third-order valence-electron chi connectivity index (χ3n) is 3.60. The average Bonchev–Trinajstić information content (AvgIpc) is 2.62. The van der Waals surface area contributed by atoms with Crippen LogP contribution in [0.5, 0.6) is 5.75 Å². The number of nitro groups is 1. The number of ether oxygens (including phenoxy) is 2. The highest BCUT2D eigenvalue weighted by Gasteiger charge is 2.19. The Hall–Kier alpha value is -2.94. The average molecular weight is 363 g/mol. The van der Waals surface area contributed by atoms with E-state index in [1.165, 1.54) is 24.3 Å². The summed E-state index contributed by atoms with van der Waals surface area (Å²) >= 11 is 0. The van der Waals surface area contributed by atoms with Gasteiger partial charge in [0.25, 0.3) is 5.69 Å². The molecule has 0 bridgehead atoms. The van der Waals surface area contributed by atoms with Crippen LogP contribution >= 0.6 is 0 Å². The van der Waals surface area contributed by atoms with Crippen LogP contribution in [0.4, 0.5) is 5.69 Å². The molecule has 0 aromatic heterocycles. The molecule has 26 heavy (non-hydrogen) atoms. The van der Waals surface area contributed by atoms with Crippen molar-refractivity contribution in [2.75, 3.05) is 19.9 Å². The Balaban J connectivity index is 1.98. The predicted molar refractivity (Wildman–Crippen MR) is 93.3 cm³/mol. The molecule has 1 aliphatic rings. The van der Waals surface area contributed by atoms with Crippen molar-refractivity contribution < 1.29 is 24.0 Å². The second kappa shape index (κ2) is 8.95. The van der Waals surface area contributed by atoms with E-state index < -0.39 is 4.92 Å². The van der Waals surface area contributed by atoms with Gasteiger partial charge in [-0.25, -0.2) is 0 Å². The van der Waals surface area contributed by atoms with Gasteiger partial charge in [-0.1, -0.05) is 13.8 Å². The number of hydrogen-bond acceptors (Lipinski definition) is 6. The number of nitro benzene ring substituents is 1. The van der Waals surface area contributed by atoms with E-state index in [-0.39, 0.29) is 43.4 Å². The van der Waals surface area contributed by atoms with Gasteiger partial charge in [0.05, 0.1) is 11.5 Å². The lowest BCUT2D eigenvalue weighted by atomic mass is 10.1. The molecule has 2 amide bonds. The Morgan fingerprint density at radius 1 is 1.31 bits per heavy atom. The third kappa shape index (κ3) is 5.28. The number of rotatable bonds is 7. The van der Waals surface area contributed by atoms with Crippen molar-refractivity contribution >= 4 is 23.6 Å². The molecule has 140 valence electrons. The molecule has 1 heterocycles. The monoisotopic (exact) mass is 363 g/mol. The summed E-state index contributed by atoms with van der Waals surface area (Å²) in [4.78, 5) is 33.8. The molecule has 0 radical (unpaired) electrons. The summed E-state index contributed by atoms with van der Waals surface area (Å²) < 4.78 is 10.5. The topological polar surface area (TPSA) is 120 Å². The molecular formula is C17H21N3O6. The van der Waals surface area contributed by atoms with Gasteiger partial charge in [-0.2, -0.15) is 0 Å². The maximum Gasteiger partial charge on any atom is 0.270 e. The number of amides is 2. The third-order valence-corrected chi connectivity index (χ3v) is 3.60. The zero-order chi connectivity index (χ0) is 19.1. The normalized spacial score (nSPS) is 13.2. The molecule has 2 rings (SSSR count). The van der Waals surface area contributed by atoms with E-state index in [0.29, 0.717) is 23.4 Å². The first kappa shape index (κ1) is 19.4. The highest BCUT2D eigenvalue weighted by Crippen LogP contribution is 2.33. The highest BCUT2D eigenvalue weighted by atomic mass is 16.7. The minimum atomic E-state index is -0.510. The Kier molecular flexibility index (Phi) is 6.67. The molecule has 0 saturated heterocycles. The van der Waals surface area contributed by atoms with Gasteiger partial charge < -0.3 is 20.1 Å².